The van der Waals surface area contributed by atoms with Crippen molar-refractivity contribution in [3.63, 3.8) is 0 Å². The number of hydrogen-bond acceptors (Lipinski definition) is 5. The van der Waals surface area contributed by atoms with E-state index in [2.05, 4.69) is 32.9 Å². The highest BCUT2D eigenvalue weighted by Crippen LogP contribution is 2.15. The molecule has 0 spiro atoms. The summed E-state index contributed by atoms with van der Waals surface area (Å²) < 4.78 is 1.57. The van der Waals surface area contributed by atoms with Crippen LogP contribution in [0.25, 0.3) is 11.2 Å². The molecule has 0 aromatic carbocycles. The minimum absolute atomic E-state index is 0.243. The van der Waals surface area contributed by atoms with Gasteiger partial charge in [-0.3, -0.25) is 9.55 Å². The largest absolute Gasteiger partial charge is 0.382 e. The van der Waals surface area contributed by atoms with Crippen molar-refractivity contribution in [2.75, 3.05) is 5.73 Å². The zero-order valence-corrected chi connectivity index (χ0v) is 16.2. The van der Waals surface area contributed by atoms with Gasteiger partial charge in [0, 0.05) is 11.9 Å². The second-order valence-electron chi connectivity index (χ2n) is 7.05. The Kier molecular flexibility index (Phi) is 6.21. The van der Waals surface area contributed by atoms with Crippen molar-refractivity contribution < 1.29 is 0 Å². The second-order valence-corrected chi connectivity index (χ2v) is 7.05. The molecule has 0 saturated heterocycles. The SMILES string of the molecule is CCCCCCCCc1ccc(Cn2c(=O)[nH]c3c(N)nc(C)nc32)cn1. The summed E-state index contributed by atoms with van der Waals surface area (Å²) in [4.78, 5) is 28.0. The number of H-pyrrole nitrogens is 1. The topological polar surface area (TPSA) is 102 Å². The normalized spacial score (nSPS) is 11.3. The number of aromatic amines is 1. The van der Waals surface area contributed by atoms with Gasteiger partial charge in [0.25, 0.3) is 0 Å². The molecule has 144 valence electrons. The molecule has 0 fully saturated rings. The van der Waals surface area contributed by atoms with E-state index in [1.165, 1.54) is 38.5 Å². The van der Waals surface area contributed by atoms with Gasteiger partial charge in [0.1, 0.15) is 11.3 Å². The smallest absolute Gasteiger partial charge is 0.328 e. The first-order valence-electron chi connectivity index (χ1n) is 9.75. The number of nitrogen functional groups attached to an aromatic ring is 1. The molecule has 0 amide bonds. The molecule has 0 unspecified atom stereocenters. The Bertz CT molecular complexity index is 942. The Morgan fingerprint density at radius 3 is 2.63 bits per heavy atom. The predicted octanol–water partition coefficient (Wildman–Crippen LogP) is 3.36. The first-order chi connectivity index (χ1) is 13.1. The number of anilines is 1. The molecular formula is C20H28N6O. The zero-order chi connectivity index (χ0) is 19.2. The number of imidazole rings is 1. The van der Waals surface area contributed by atoms with Crippen LogP contribution in [0.1, 0.15) is 62.5 Å². The fourth-order valence-corrected chi connectivity index (χ4v) is 3.28. The maximum absolute atomic E-state index is 12.3. The minimum Gasteiger partial charge on any atom is -0.382 e. The van der Waals surface area contributed by atoms with Gasteiger partial charge in [0.15, 0.2) is 11.5 Å². The monoisotopic (exact) mass is 368 g/mol. The maximum Gasteiger partial charge on any atom is 0.328 e. The van der Waals surface area contributed by atoms with E-state index in [1.807, 2.05) is 12.3 Å². The molecule has 3 rings (SSSR count). The van der Waals surface area contributed by atoms with Crippen LogP contribution in [0, 0.1) is 6.92 Å². The second kappa shape index (κ2) is 8.79. The highest BCUT2D eigenvalue weighted by atomic mass is 16.1. The lowest BCUT2D eigenvalue weighted by atomic mass is 10.1. The third kappa shape index (κ3) is 4.72. The molecule has 7 heteroatoms. The molecule has 7 nitrogen and oxygen atoms in total. The van der Waals surface area contributed by atoms with Crippen LogP contribution in [-0.2, 0) is 13.0 Å². The molecule has 0 saturated carbocycles. The summed E-state index contributed by atoms with van der Waals surface area (Å²) in [6.45, 7) is 4.40. The first kappa shape index (κ1) is 19.1. The van der Waals surface area contributed by atoms with E-state index in [4.69, 9.17) is 5.73 Å². The van der Waals surface area contributed by atoms with Gasteiger partial charge in [0.05, 0.1) is 6.54 Å². The van der Waals surface area contributed by atoms with E-state index in [1.54, 1.807) is 11.5 Å². The first-order valence-corrected chi connectivity index (χ1v) is 9.75. The summed E-state index contributed by atoms with van der Waals surface area (Å²) in [5.74, 6) is 0.834. The third-order valence-corrected chi connectivity index (χ3v) is 4.78. The Labute approximate surface area is 159 Å². The molecule has 0 radical (unpaired) electrons. The summed E-state index contributed by atoms with van der Waals surface area (Å²) in [5.41, 5.74) is 8.72. The molecule has 0 aliphatic rings. The number of nitrogens with one attached hydrogen (secondary N) is 1. The van der Waals surface area contributed by atoms with E-state index in [9.17, 15) is 4.79 Å². The highest BCUT2D eigenvalue weighted by Gasteiger charge is 2.13. The molecule has 0 aliphatic heterocycles. The van der Waals surface area contributed by atoms with Crippen molar-refractivity contribution in [3.05, 3.63) is 45.9 Å². The molecule has 3 aromatic rings. The van der Waals surface area contributed by atoms with Crippen LogP contribution in [0.3, 0.4) is 0 Å². The highest BCUT2D eigenvalue weighted by molar-refractivity contribution is 5.81. The summed E-state index contributed by atoms with van der Waals surface area (Å²) in [6.07, 6.45) is 10.5. The summed E-state index contributed by atoms with van der Waals surface area (Å²) in [5, 5.41) is 0. The van der Waals surface area contributed by atoms with E-state index in [0.29, 0.717) is 29.4 Å². The van der Waals surface area contributed by atoms with Gasteiger partial charge in [0.2, 0.25) is 0 Å². The molecule has 3 heterocycles. The predicted molar refractivity (Wildman–Crippen MR) is 108 cm³/mol. The van der Waals surface area contributed by atoms with Gasteiger partial charge >= 0.3 is 5.69 Å². The van der Waals surface area contributed by atoms with Crippen LogP contribution in [-0.4, -0.2) is 24.5 Å². The summed E-state index contributed by atoms with van der Waals surface area (Å²) in [7, 11) is 0. The number of pyridine rings is 1. The van der Waals surface area contributed by atoms with Crippen molar-refractivity contribution in [2.24, 2.45) is 0 Å². The van der Waals surface area contributed by atoms with Gasteiger partial charge in [-0.2, -0.15) is 0 Å². The molecule has 0 aliphatic carbocycles. The summed E-state index contributed by atoms with van der Waals surface area (Å²) in [6, 6.07) is 4.08. The Hall–Kier alpha value is -2.70. The number of aryl methyl sites for hydroxylation is 2. The Morgan fingerprint density at radius 2 is 1.89 bits per heavy atom. The van der Waals surface area contributed by atoms with Crippen molar-refractivity contribution in [3.8, 4) is 0 Å². The van der Waals surface area contributed by atoms with Gasteiger partial charge < -0.3 is 10.7 Å². The lowest BCUT2D eigenvalue weighted by molar-refractivity contribution is 0.604. The molecule has 3 N–H and O–H groups in total. The summed E-state index contributed by atoms with van der Waals surface area (Å²) >= 11 is 0. The number of aromatic nitrogens is 5. The van der Waals surface area contributed by atoms with E-state index in [-0.39, 0.29) is 5.69 Å². The number of hydrogen-bond donors (Lipinski definition) is 2. The van der Waals surface area contributed by atoms with Crippen LogP contribution in [0.15, 0.2) is 23.1 Å². The Balaban J connectivity index is 1.64. The van der Waals surface area contributed by atoms with Crippen LogP contribution < -0.4 is 11.4 Å². The van der Waals surface area contributed by atoms with Crippen LogP contribution in [0.4, 0.5) is 5.82 Å². The number of fused-ring (bicyclic) bond motifs is 1. The van der Waals surface area contributed by atoms with Crippen molar-refractivity contribution in [1.29, 1.82) is 0 Å². The lowest BCUT2D eigenvalue weighted by Gasteiger charge is -2.06. The van der Waals surface area contributed by atoms with Crippen LogP contribution in [0.5, 0.6) is 0 Å². The lowest BCUT2D eigenvalue weighted by Crippen LogP contribution is -2.18. The number of rotatable bonds is 9. The number of unbranched alkanes of at least 4 members (excludes halogenated alkanes) is 5. The van der Waals surface area contributed by atoms with Crippen molar-refractivity contribution in [2.45, 2.75) is 65.3 Å². The maximum atomic E-state index is 12.3. The van der Waals surface area contributed by atoms with Gasteiger partial charge in [-0.15, -0.1) is 0 Å². The molecule has 27 heavy (non-hydrogen) atoms. The molecule has 3 aromatic heterocycles. The number of nitrogens with zero attached hydrogens (tertiary/aromatic N) is 4. The fraction of sp³-hybridized carbons (Fsp3) is 0.500. The zero-order valence-electron chi connectivity index (χ0n) is 16.2. The van der Waals surface area contributed by atoms with Crippen LogP contribution in [0.2, 0.25) is 0 Å². The van der Waals surface area contributed by atoms with E-state index < -0.39 is 0 Å². The average molecular weight is 368 g/mol. The minimum atomic E-state index is -0.243. The number of nitrogens with two attached hydrogens (primary N) is 1. The molecule has 0 bridgehead atoms. The van der Waals surface area contributed by atoms with Crippen molar-refractivity contribution >= 4 is 17.0 Å². The van der Waals surface area contributed by atoms with E-state index >= 15 is 0 Å². The van der Waals surface area contributed by atoms with E-state index in [0.717, 1.165) is 17.7 Å². The quantitative estimate of drug-likeness (QED) is 0.564. The molecular weight excluding hydrogens is 340 g/mol. The van der Waals surface area contributed by atoms with Crippen molar-refractivity contribution in [1.82, 2.24) is 24.5 Å². The standard InChI is InChI=1S/C20H28N6O/c1-3-4-5-6-7-8-9-16-11-10-15(12-22-16)13-26-19-17(25-20(26)27)18(21)23-14(2)24-19/h10-12H,3-9,13H2,1-2H3,(H,25,27)(H2,21,23,24). The Morgan fingerprint density at radius 1 is 1.11 bits per heavy atom. The van der Waals surface area contributed by atoms with Gasteiger partial charge in [-0.25, -0.2) is 14.8 Å². The third-order valence-electron chi connectivity index (χ3n) is 4.78. The average Bonchev–Trinajstić information content (AvgIpc) is 2.96. The molecule has 0 atom stereocenters. The van der Waals surface area contributed by atoms with Crippen LogP contribution >= 0.6 is 0 Å². The van der Waals surface area contributed by atoms with Gasteiger partial charge in [-0.1, -0.05) is 45.1 Å². The fourth-order valence-electron chi connectivity index (χ4n) is 3.28. The van der Waals surface area contributed by atoms with Gasteiger partial charge in [-0.05, 0) is 31.4 Å².